The number of aromatic nitrogens is 2. The number of carbonyl (C=O) groups excluding carboxylic acids is 1. The Balaban J connectivity index is 1.73. The van der Waals surface area contributed by atoms with E-state index in [0.29, 0.717) is 18.7 Å². The predicted molar refractivity (Wildman–Crippen MR) is 94.2 cm³/mol. The summed E-state index contributed by atoms with van der Waals surface area (Å²) in [4.78, 5) is 15.1. The average molecular weight is 341 g/mol. The van der Waals surface area contributed by atoms with Crippen LogP contribution in [0.3, 0.4) is 0 Å². The van der Waals surface area contributed by atoms with Crippen LogP contribution in [-0.4, -0.2) is 35.9 Å². The normalized spacial score (nSPS) is 22.3. The number of benzene rings is 1. The Morgan fingerprint density at radius 2 is 2.20 bits per heavy atom. The van der Waals surface area contributed by atoms with E-state index in [1.54, 1.807) is 7.11 Å². The minimum absolute atomic E-state index is 0.0481. The monoisotopic (exact) mass is 341 g/mol. The SMILES string of the molecule is COc1cccc2c1CCCN2C(=O)c1n[nH]c2c1C[C@H](C)O[C@@H]2C. The summed E-state index contributed by atoms with van der Waals surface area (Å²) in [5.41, 5.74) is 4.46. The van der Waals surface area contributed by atoms with Crippen molar-refractivity contribution in [2.24, 2.45) is 0 Å². The quantitative estimate of drug-likeness (QED) is 0.912. The number of ether oxygens (including phenoxy) is 2. The van der Waals surface area contributed by atoms with E-state index in [2.05, 4.69) is 10.2 Å². The molecule has 0 unspecified atom stereocenters. The van der Waals surface area contributed by atoms with Crippen LogP contribution in [0, 0.1) is 0 Å². The molecule has 6 nitrogen and oxygen atoms in total. The summed E-state index contributed by atoms with van der Waals surface area (Å²) < 4.78 is 11.3. The summed E-state index contributed by atoms with van der Waals surface area (Å²) in [6, 6.07) is 5.87. The molecule has 25 heavy (non-hydrogen) atoms. The molecule has 2 aromatic rings. The van der Waals surface area contributed by atoms with Gasteiger partial charge in [-0.2, -0.15) is 5.10 Å². The van der Waals surface area contributed by atoms with Crippen LogP contribution in [0.25, 0.3) is 0 Å². The van der Waals surface area contributed by atoms with Gasteiger partial charge in [0.2, 0.25) is 0 Å². The second-order valence-corrected chi connectivity index (χ2v) is 6.78. The molecule has 2 aliphatic heterocycles. The third-order valence-corrected chi connectivity index (χ3v) is 5.11. The number of methoxy groups -OCH3 is 1. The Morgan fingerprint density at radius 3 is 3.00 bits per heavy atom. The van der Waals surface area contributed by atoms with Gasteiger partial charge < -0.3 is 14.4 Å². The van der Waals surface area contributed by atoms with E-state index in [9.17, 15) is 4.79 Å². The first-order valence-corrected chi connectivity index (χ1v) is 8.80. The molecule has 6 heteroatoms. The Kier molecular flexibility index (Phi) is 4.00. The van der Waals surface area contributed by atoms with Crippen LogP contribution in [0.2, 0.25) is 0 Å². The molecule has 1 amide bonds. The second-order valence-electron chi connectivity index (χ2n) is 6.78. The van der Waals surface area contributed by atoms with Gasteiger partial charge in [-0.25, -0.2) is 0 Å². The number of amides is 1. The van der Waals surface area contributed by atoms with Gasteiger partial charge in [0.15, 0.2) is 5.69 Å². The minimum atomic E-state index is -0.0680. The van der Waals surface area contributed by atoms with E-state index >= 15 is 0 Å². The van der Waals surface area contributed by atoms with E-state index in [1.807, 2.05) is 36.9 Å². The first-order valence-electron chi connectivity index (χ1n) is 8.80. The highest BCUT2D eigenvalue weighted by Crippen LogP contribution is 2.36. The zero-order chi connectivity index (χ0) is 17.6. The van der Waals surface area contributed by atoms with Gasteiger partial charge >= 0.3 is 0 Å². The lowest BCUT2D eigenvalue weighted by atomic mass is 9.97. The first-order chi connectivity index (χ1) is 12.1. The summed E-state index contributed by atoms with van der Waals surface area (Å²) in [5.74, 6) is 0.794. The summed E-state index contributed by atoms with van der Waals surface area (Å²) >= 11 is 0. The largest absolute Gasteiger partial charge is 0.496 e. The number of hydrogen-bond donors (Lipinski definition) is 1. The van der Waals surface area contributed by atoms with Crippen molar-refractivity contribution >= 4 is 11.6 Å². The number of nitrogens with one attached hydrogen (secondary N) is 1. The lowest BCUT2D eigenvalue weighted by Crippen LogP contribution is -2.36. The fraction of sp³-hybridized carbons (Fsp3) is 0.474. The predicted octanol–water partition coefficient (Wildman–Crippen LogP) is 3.03. The van der Waals surface area contributed by atoms with E-state index < -0.39 is 0 Å². The molecule has 1 aromatic heterocycles. The van der Waals surface area contributed by atoms with Gasteiger partial charge in [0.1, 0.15) is 5.75 Å². The fourth-order valence-electron chi connectivity index (χ4n) is 3.97. The number of rotatable bonds is 2. The van der Waals surface area contributed by atoms with Gasteiger partial charge in [0.05, 0.1) is 30.7 Å². The van der Waals surface area contributed by atoms with Crippen LogP contribution in [0.1, 0.15) is 53.7 Å². The van der Waals surface area contributed by atoms with Crippen molar-refractivity contribution in [1.82, 2.24) is 10.2 Å². The molecule has 0 saturated heterocycles. The van der Waals surface area contributed by atoms with Gasteiger partial charge in [-0.05, 0) is 38.8 Å². The molecule has 1 aromatic carbocycles. The van der Waals surface area contributed by atoms with Crippen LogP contribution in [-0.2, 0) is 17.6 Å². The molecule has 132 valence electrons. The van der Waals surface area contributed by atoms with Crippen molar-refractivity contribution in [3.63, 3.8) is 0 Å². The van der Waals surface area contributed by atoms with Gasteiger partial charge in [-0.1, -0.05) is 6.07 Å². The molecular weight excluding hydrogens is 318 g/mol. The smallest absolute Gasteiger partial charge is 0.279 e. The fourth-order valence-corrected chi connectivity index (χ4v) is 3.97. The lowest BCUT2D eigenvalue weighted by Gasteiger charge is -2.31. The number of fused-ring (bicyclic) bond motifs is 2. The minimum Gasteiger partial charge on any atom is -0.496 e. The summed E-state index contributed by atoms with van der Waals surface area (Å²) in [5, 5.41) is 7.36. The van der Waals surface area contributed by atoms with Crippen LogP contribution >= 0.6 is 0 Å². The molecule has 0 saturated carbocycles. The number of aromatic amines is 1. The summed E-state index contributed by atoms with van der Waals surface area (Å²) in [6.45, 7) is 4.71. The highest BCUT2D eigenvalue weighted by Gasteiger charge is 2.33. The average Bonchev–Trinajstić information content (AvgIpc) is 3.04. The number of hydrogen-bond acceptors (Lipinski definition) is 4. The van der Waals surface area contributed by atoms with E-state index in [1.165, 1.54) is 0 Å². The van der Waals surface area contributed by atoms with Crippen LogP contribution in [0.5, 0.6) is 5.75 Å². The molecule has 2 atom stereocenters. The molecule has 1 N–H and O–H groups in total. The van der Waals surface area contributed by atoms with Gasteiger partial charge in [-0.15, -0.1) is 0 Å². The molecule has 0 bridgehead atoms. The van der Waals surface area contributed by atoms with E-state index in [0.717, 1.165) is 41.1 Å². The zero-order valence-corrected chi connectivity index (χ0v) is 14.8. The maximum absolute atomic E-state index is 13.3. The molecular formula is C19H23N3O3. The van der Waals surface area contributed by atoms with Crippen molar-refractivity contribution in [3.05, 3.63) is 40.7 Å². The Labute approximate surface area is 147 Å². The number of nitrogens with zero attached hydrogens (tertiary/aromatic N) is 2. The first kappa shape index (κ1) is 16.1. The molecule has 4 rings (SSSR count). The Morgan fingerprint density at radius 1 is 1.36 bits per heavy atom. The number of carbonyl (C=O) groups is 1. The van der Waals surface area contributed by atoms with Crippen molar-refractivity contribution in [2.45, 2.75) is 45.3 Å². The molecule has 3 heterocycles. The topological polar surface area (TPSA) is 67.5 Å². The molecule has 0 radical (unpaired) electrons. The third-order valence-electron chi connectivity index (χ3n) is 5.11. The molecule has 0 aliphatic carbocycles. The van der Waals surface area contributed by atoms with Crippen molar-refractivity contribution < 1.29 is 14.3 Å². The van der Waals surface area contributed by atoms with Crippen molar-refractivity contribution in [3.8, 4) is 5.75 Å². The lowest BCUT2D eigenvalue weighted by molar-refractivity contribution is -0.00696. The van der Waals surface area contributed by atoms with Gasteiger partial charge in [-0.3, -0.25) is 9.89 Å². The zero-order valence-electron chi connectivity index (χ0n) is 14.8. The van der Waals surface area contributed by atoms with E-state index in [4.69, 9.17) is 9.47 Å². The molecule has 2 aliphatic rings. The Bertz CT molecular complexity index is 814. The number of anilines is 1. The highest BCUT2D eigenvalue weighted by molar-refractivity contribution is 6.06. The maximum Gasteiger partial charge on any atom is 0.279 e. The third kappa shape index (κ3) is 2.61. The Hall–Kier alpha value is -2.34. The van der Waals surface area contributed by atoms with Crippen LogP contribution in [0.15, 0.2) is 18.2 Å². The maximum atomic E-state index is 13.3. The molecule has 0 spiro atoms. The van der Waals surface area contributed by atoms with Crippen molar-refractivity contribution in [1.29, 1.82) is 0 Å². The van der Waals surface area contributed by atoms with Crippen LogP contribution in [0.4, 0.5) is 5.69 Å². The van der Waals surface area contributed by atoms with Crippen LogP contribution < -0.4 is 9.64 Å². The molecule has 0 fully saturated rings. The number of H-pyrrole nitrogens is 1. The highest BCUT2D eigenvalue weighted by atomic mass is 16.5. The van der Waals surface area contributed by atoms with Gasteiger partial charge in [0, 0.05) is 24.1 Å². The van der Waals surface area contributed by atoms with E-state index in [-0.39, 0.29) is 18.1 Å². The second kappa shape index (κ2) is 6.19. The van der Waals surface area contributed by atoms with Crippen molar-refractivity contribution in [2.75, 3.05) is 18.6 Å². The standard InChI is InChI=1S/C19H23N3O3/c1-11-10-14-17(12(2)25-11)20-21-18(14)19(23)22-9-5-6-13-15(22)7-4-8-16(13)24-3/h4,7-8,11-12H,5-6,9-10H2,1-3H3,(H,20,21)/t11-,12+/m0/s1. The summed E-state index contributed by atoms with van der Waals surface area (Å²) in [7, 11) is 1.67. The van der Waals surface area contributed by atoms with Gasteiger partial charge in [0.25, 0.3) is 5.91 Å². The summed E-state index contributed by atoms with van der Waals surface area (Å²) in [6.07, 6.45) is 2.56.